The van der Waals surface area contributed by atoms with Gasteiger partial charge < -0.3 is 10.6 Å². The molecule has 2 unspecified atom stereocenters. The SMILES string of the molecule is CCN[C@H](C)CNC(=O)C1CC1c1cccc(C(F)(F)F)c1. The Hall–Kier alpha value is -1.56. The van der Waals surface area contributed by atoms with E-state index >= 15 is 0 Å². The summed E-state index contributed by atoms with van der Waals surface area (Å²) in [6.07, 6.45) is -3.73. The van der Waals surface area contributed by atoms with Crippen molar-refractivity contribution in [2.24, 2.45) is 5.92 Å². The molecular formula is C16H21F3N2O. The van der Waals surface area contributed by atoms with Gasteiger partial charge in [-0.1, -0.05) is 25.1 Å². The maximum absolute atomic E-state index is 12.7. The van der Waals surface area contributed by atoms with Gasteiger partial charge in [0.05, 0.1) is 5.56 Å². The zero-order chi connectivity index (χ0) is 16.3. The maximum atomic E-state index is 12.7. The molecule has 1 aliphatic rings. The lowest BCUT2D eigenvalue weighted by Crippen LogP contribution is -2.39. The first-order valence-corrected chi connectivity index (χ1v) is 7.51. The number of benzene rings is 1. The third kappa shape index (κ3) is 4.22. The lowest BCUT2D eigenvalue weighted by molar-refractivity contribution is -0.137. The smallest absolute Gasteiger partial charge is 0.354 e. The molecule has 0 aromatic heterocycles. The predicted molar refractivity (Wildman–Crippen MR) is 78.4 cm³/mol. The molecule has 0 spiro atoms. The van der Waals surface area contributed by atoms with E-state index in [4.69, 9.17) is 0 Å². The first-order valence-electron chi connectivity index (χ1n) is 7.51. The van der Waals surface area contributed by atoms with Crippen molar-refractivity contribution in [1.82, 2.24) is 10.6 Å². The summed E-state index contributed by atoms with van der Waals surface area (Å²) in [6.45, 7) is 5.32. The number of hydrogen-bond donors (Lipinski definition) is 2. The minimum absolute atomic E-state index is 0.0767. The van der Waals surface area contributed by atoms with Crippen LogP contribution >= 0.6 is 0 Å². The summed E-state index contributed by atoms with van der Waals surface area (Å²) in [6, 6.07) is 5.45. The molecule has 2 N–H and O–H groups in total. The molecular weight excluding hydrogens is 293 g/mol. The van der Waals surface area contributed by atoms with Gasteiger partial charge in [0.25, 0.3) is 0 Å². The van der Waals surface area contributed by atoms with Crippen LogP contribution in [0, 0.1) is 5.92 Å². The first-order chi connectivity index (χ1) is 10.3. The molecule has 0 bridgehead atoms. The average Bonchev–Trinajstić information content (AvgIpc) is 3.25. The predicted octanol–water partition coefficient (Wildman–Crippen LogP) is 2.92. The van der Waals surface area contributed by atoms with Gasteiger partial charge in [-0.15, -0.1) is 0 Å². The summed E-state index contributed by atoms with van der Waals surface area (Å²) in [4.78, 5) is 12.0. The number of halogens is 3. The van der Waals surface area contributed by atoms with Gasteiger partial charge in [0.15, 0.2) is 0 Å². The summed E-state index contributed by atoms with van der Waals surface area (Å²) >= 11 is 0. The Kier molecular flexibility index (Phi) is 5.11. The molecule has 1 amide bonds. The summed E-state index contributed by atoms with van der Waals surface area (Å²) < 4.78 is 38.1. The second-order valence-electron chi connectivity index (χ2n) is 5.78. The van der Waals surface area contributed by atoms with Crippen LogP contribution in [0.4, 0.5) is 13.2 Å². The van der Waals surface area contributed by atoms with Gasteiger partial charge >= 0.3 is 6.18 Å². The zero-order valence-electron chi connectivity index (χ0n) is 12.7. The molecule has 0 aliphatic heterocycles. The standard InChI is InChI=1S/C16H21F3N2O/c1-3-20-10(2)9-21-15(22)14-8-13(14)11-5-4-6-12(7-11)16(17,18)19/h4-7,10,13-14,20H,3,8-9H2,1-2H3,(H,21,22)/t10-,13?,14?/m1/s1. The van der Waals surface area contributed by atoms with E-state index in [0.29, 0.717) is 18.5 Å². The number of alkyl halides is 3. The van der Waals surface area contributed by atoms with Gasteiger partial charge in [0, 0.05) is 18.5 Å². The lowest BCUT2D eigenvalue weighted by Gasteiger charge is -2.13. The highest BCUT2D eigenvalue weighted by atomic mass is 19.4. The summed E-state index contributed by atoms with van der Waals surface area (Å²) in [5.74, 6) is -0.388. The normalized spacial score (nSPS) is 22.2. The molecule has 0 saturated heterocycles. The Morgan fingerprint density at radius 3 is 2.77 bits per heavy atom. The van der Waals surface area contributed by atoms with E-state index in [2.05, 4.69) is 10.6 Å². The van der Waals surface area contributed by atoms with Crippen LogP contribution in [-0.2, 0) is 11.0 Å². The second-order valence-corrected chi connectivity index (χ2v) is 5.78. The van der Waals surface area contributed by atoms with Gasteiger partial charge in [-0.25, -0.2) is 0 Å². The van der Waals surface area contributed by atoms with Gasteiger partial charge in [-0.3, -0.25) is 4.79 Å². The highest BCUT2D eigenvalue weighted by molar-refractivity contribution is 5.82. The van der Waals surface area contributed by atoms with E-state index in [-0.39, 0.29) is 23.8 Å². The molecule has 1 fully saturated rings. The molecule has 3 nitrogen and oxygen atoms in total. The van der Waals surface area contributed by atoms with Crippen LogP contribution in [0.5, 0.6) is 0 Å². The van der Waals surface area contributed by atoms with Gasteiger partial charge in [0.2, 0.25) is 5.91 Å². The van der Waals surface area contributed by atoms with E-state index in [1.807, 2.05) is 13.8 Å². The molecule has 1 aromatic carbocycles. The number of nitrogens with one attached hydrogen (secondary N) is 2. The maximum Gasteiger partial charge on any atom is 0.416 e. The van der Waals surface area contributed by atoms with E-state index in [9.17, 15) is 18.0 Å². The van der Waals surface area contributed by atoms with Crippen molar-refractivity contribution in [3.63, 3.8) is 0 Å². The molecule has 1 aliphatic carbocycles. The van der Waals surface area contributed by atoms with Crippen LogP contribution < -0.4 is 10.6 Å². The summed E-state index contributed by atoms with van der Waals surface area (Å²) in [7, 11) is 0. The van der Waals surface area contributed by atoms with Crippen LogP contribution in [0.1, 0.15) is 37.3 Å². The van der Waals surface area contributed by atoms with Crippen LogP contribution in [0.25, 0.3) is 0 Å². The zero-order valence-corrected chi connectivity index (χ0v) is 12.7. The van der Waals surface area contributed by atoms with Gasteiger partial charge in [-0.05, 0) is 37.4 Å². The first kappa shape index (κ1) is 16.8. The number of amides is 1. The highest BCUT2D eigenvalue weighted by Gasteiger charge is 2.44. The highest BCUT2D eigenvalue weighted by Crippen LogP contribution is 2.48. The fraction of sp³-hybridized carbons (Fsp3) is 0.562. The van der Waals surface area contributed by atoms with Crippen molar-refractivity contribution < 1.29 is 18.0 Å². The number of carbonyl (C=O) groups excluding carboxylic acids is 1. The van der Waals surface area contributed by atoms with E-state index in [1.54, 1.807) is 6.07 Å². The Morgan fingerprint density at radius 2 is 2.14 bits per heavy atom. The van der Waals surface area contributed by atoms with Crippen molar-refractivity contribution >= 4 is 5.91 Å². The minimum Gasteiger partial charge on any atom is -0.354 e. The fourth-order valence-electron chi connectivity index (χ4n) is 2.60. The van der Waals surface area contributed by atoms with Crippen LogP contribution in [0.3, 0.4) is 0 Å². The topological polar surface area (TPSA) is 41.1 Å². The third-order valence-corrected chi connectivity index (χ3v) is 3.90. The van der Waals surface area contributed by atoms with Crippen molar-refractivity contribution in [3.05, 3.63) is 35.4 Å². The van der Waals surface area contributed by atoms with E-state index in [0.717, 1.165) is 18.7 Å². The molecule has 2 rings (SSSR count). The van der Waals surface area contributed by atoms with Crippen LogP contribution in [-0.4, -0.2) is 25.0 Å². The van der Waals surface area contributed by atoms with Crippen molar-refractivity contribution in [1.29, 1.82) is 0 Å². The Bertz CT molecular complexity index is 530. The van der Waals surface area contributed by atoms with Gasteiger partial charge in [-0.2, -0.15) is 13.2 Å². The van der Waals surface area contributed by atoms with Crippen molar-refractivity contribution in [2.75, 3.05) is 13.1 Å². The lowest BCUT2D eigenvalue weighted by atomic mass is 10.1. The van der Waals surface area contributed by atoms with Crippen LogP contribution in [0.15, 0.2) is 24.3 Å². The van der Waals surface area contributed by atoms with E-state index in [1.165, 1.54) is 6.07 Å². The summed E-state index contributed by atoms with van der Waals surface area (Å²) in [5.41, 5.74) is -0.0634. The quantitative estimate of drug-likeness (QED) is 0.848. The molecule has 22 heavy (non-hydrogen) atoms. The van der Waals surface area contributed by atoms with Crippen molar-refractivity contribution in [3.8, 4) is 0 Å². The molecule has 3 atom stereocenters. The molecule has 1 aromatic rings. The van der Waals surface area contributed by atoms with Crippen LogP contribution in [0.2, 0.25) is 0 Å². The summed E-state index contributed by atoms with van der Waals surface area (Å²) in [5, 5.41) is 6.04. The number of hydrogen-bond acceptors (Lipinski definition) is 2. The second kappa shape index (κ2) is 6.69. The Labute approximate surface area is 128 Å². The number of likely N-dealkylation sites (N-methyl/N-ethyl adjacent to an activating group) is 1. The number of rotatable bonds is 6. The Balaban J connectivity index is 1.91. The molecule has 122 valence electrons. The minimum atomic E-state index is -4.34. The Morgan fingerprint density at radius 1 is 1.41 bits per heavy atom. The third-order valence-electron chi connectivity index (χ3n) is 3.90. The molecule has 6 heteroatoms. The molecule has 0 heterocycles. The molecule has 1 saturated carbocycles. The monoisotopic (exact) mass is 314 g/mol. The molecule has 0 radical (unpaired) electrons. The largest absolute Gasteiger partial charge is 0.416 e. The van der Waals surface area contributed by atoms with Crippen molar-refractivity contribution in [2.45, 2.75) is 38.4 Å². The fourth-order valence-corrected chi connectivity index (χ4v) is 2.60. The van der Waals surface area contributed by atoms with E-state index < -0.39 is 11.7 Å². The van der Waals surface area contributed by atoms with Gasteiger partial charge in [0.1, 0.15) is 0 Å². The number of carbonyl (C=O) groups is 1. The average molecular weight is 314 g/mol.